The Hall–Kier alpha value is -4.47. The zero-order chi connectivity index (χ0) is 29.4. The lowest BCUT2D eigenvalue weighted by atomic mass is 9.93. The molecular formula is C32H36N6O4. The van der Waals surface area contributed by atoms with Gasteiger partial charge in [-0.3, -0.25) is 9.59 Å². The van der Waals surface area contributed by atoms with Gasteiger partial charge in [0.15, 0.2) is 0 Å². The summed E-state index contributed by atoms with van der Waals surface area (Å²) in [5, 5.41) is 3.07. The smallest absolute Gasteiger partial charge is 0.322 e. The van der Waals surface area contributed by atoms with Gasteiger partial charge in [0.25, 0.3) is 0 Å². The number of aromatic nitrogens is 2. The third kappa shape index (κ3) is 5.17. The molecule has 3 aliphatic heterocycles. The largest absolute Gasteiger partial charge is 0.497 e. The molecule has 0 bridgehead atoms. The van der Waals surface area contributed by atoms with Crippen LogP contribution in [0.4, 0.5) is 22.0 Å². The van der Waals surface area contributed by atoms with Crippen LogP contribution in [0.15, 0.2) is 42.7 Å². The molecule has 1 aromatic heterocycles. The second-order valence-electron chi connectivity index (χ2n) is 11.1. The van der Waals surface area contributed by atoms with Crippen molar-refractivity contribution in [2.45, 2.75) is 52.0 Å². The van der Waals surface area contributed by atoms with Crippen LogP contribution < -0.4 is 19.9 Å². The first kappa shape index (κ1) is 27.7. The first-order valence-corrected chi connectivity index (χ1v) is 14.7. The highest BCUT2D eigenvalue weighted by Crippen LogP contribution is 2.33. The van der Waals surface area contributed by atoms with Crippen molar-refractivity contribution >= 4 is 34.9 Å². The van der Waals surface area contributed by atoms with Crippen molar-refractivity contribution in [1.29, 1.82) is 0 Å². The molecule has 6 rings (SSSR count). The second kappa shape index (κ2) is 11.4. The standard InChI is InChI=1S/C32H36N6O4/c1-4-37-29(39)8-5-22-16-23(15-20(2)30(22)37)31(40)27-18-28(34-19-33-27)36-12-10-24(11-13-36)38-14-9-21-17-25(42-3)6-7-26(21)35-32(38)41/h6-7,15-19,24H,4-5,8-14H2,1-3H3,(H,35,41). The summed E-state index contributed by atoms with van der Waals surface area (Å²) in [6, 6.07) is 11.3. The van der Waals surface area contributed by atoms with E-state index in [4.69, 9.17) is 4.74 Å². The van der Waals surface area contributed by atoms with Gasteiger partial charge < -0.3 is 24.8 Å². The van der Waals surface area contributed by atoms with E-state index in [0.717, 1.165) is 66.2 Å². The fraction of sp³-hybridized carbons (Fsp3) is 0.406. The van der Waals surface area contributed by atoms with Gasteiger partial charge in [0, 0.05) is 61.6 Å². The number of methoxy groups -OCH3 is 1. The van der Waals surface area contributed by atoms with E-state index in [1.807, 2.05) is 49.1 Å². The van der Waals surface area contributed by atoms with Crippen molar-refractivity contribution in [3.8, 4) is 5.75 Å². The lowest BCUT2D eigenvalue weighted by Gasteiger charge is -2.38. The Morgan fingerprint density at radius 3 is 2.57 bits per heavy atom. The van der Waals surface area contributed by atoms with Crippen LogP contribution in [0, 0.1) is 6.92 Å². The average molecular weight is 569 g/mol. The van der Waals surface area contributed by atoms with Crippen LogP contribution in [0.1, 0.15) is 58.9 Å². The molecule has 0 saturated carbocycles. The molecule has 2 aromatic carbocycles. The number of anilines is 3. The molecule has 3 aromatic rings. The summed E-state index contributed by atoms with van der Waals surface area (Å²) < 4.78 is 5.36. The second-order valence-corrected chi connectivity index (χ2v) is 11.1. The summed E-state index contributed by atoms with van der Waals surface area (Å²) in [5.74, 6) is 1.47. The van der Waals surface area contributed by atoms with Gasteiger partial charge in [-0.25, -0.2) is 14.8 Å². The van der Waals surface area contributed by atoms with Gasteiger partial charge in [-0.05, 0) is 86.6 Å². The van der Waals surface area contributed by atoms with Crippen LogP contribution in [0.3, 0.4) is 0 Å². The number of carbonyl (C=O) groups excluding carboxylic acids is 3. The van der Waals surface area contributed by atoms with Crippen LogP contribution in [0.2, 0.25) is 0 Å². The van der Waals surface area contributed by atoms with E-state index in [-0.39, 0.29) is 23.8 Å². The molecule has 1 N–H and O–H groups in total. The number of aryl methyl sites for hydroxylation is 2. The zero-order valence-electron chi connectivity index (χ0n) is 24.4. The Bertz CT molecular complexity index is 1550. The molecule has 3 amide bonds. The third-order valence-corrected chi connectivity index (χ3v) is 8.69. The van der Waals surface area contributed by atoms with Crippen LogP contribution >= 0.6 is 0 Å². The van der Waals surface area contributed by atoms with Crippen molar-refractivity contribution in [2.75, 3.05) is 48.4 Å². The van der Waals surface area contributed by atoms with Gasteiger partial charge in [0.05, 0.1) is 7.11 Å². The molecule has 1 fully saturated rings. The highest BCUT2D eigenvalue weighted by atomic mass is 16.5. The number of nitrogens with zero attached hydrogens (tertiary/aromatic N) is 5. The summed E-state index contributed by atoms with van der Waals surface area (Å²) in [5.41, 5.74) is 5.71. The number of hydrogen-bond donors (Lipinski definition) is 1. The molecule has 0 unspecified atom stereocenters. The number of ketones is 1. The van der Waals surface area contributed by atoms with Crippen molar-refractivity contribution in [1.82, 2.24) is 14.9 Å². The van der Waals surface area contributed by atoms with E-state index < -0.39 is 0 Å². The molecule has 0 aliphatic carbocycles. The molecule has 4 heterocycles. The van der Waals surface area contributed by atoms with E-state index in [1.165, 1.54) is 6.33 Å². The van der Waals surface area contributed by atoms with Crippen molar-refractivity contribution in [2.24, 2.45) is 0 Å². The molecule has 0 spiro atoms. The van der Waals surface area contributed by atoms with E-state index in [9.17, 15) is 14.4 Å². The maximum atomic E-state index is 13.5. The first-order chi connectivity index (χ1) is 20.4. The summed E-state index contributed by atoms with van der Waals surface area (Å²) in [6.07, 6.45) is 4.90. The number of ether oxygens (including phenoxy) is 1. The predicted octanol–water partition coefficient (Wildman–Crippen LogP) is 4.38. The van der Waals surface area contributed by atoms with E-state index in [2.05, 4.69) is 20.2 Å². The number of amides is 3. The molecule has 42 heavy (non-hydrogen) atoms. The molecule has 218 valence electrons. The van der Waals surface area contributed by atoms with Gasteiger partial charge >= 0.3 is 6.03 Å². The third-order valence-electron chi connectivity index (χ3n) is 8.69. The van der Waals surface area contributed by atoms with Crippen LogP contribution in [-0.2, 0) is 17.6 Å². The topological polar surface area (TPSA) is 108 Å². The maximum Gasteiger partial charge on any atom is 0.322 e. The predicted molar refractivity (Wildman–Crippen MR) is 161 cm³/mol. The van der Waals surface area contributed by atoms with Crippen LogP contribution in [-0.4, -0.2) is 71.9 Å². The quantitative estimate of drug-likeness (QED) is 0.440. The molecular weight excluding hydrogens is 532 g/mol. The van der Waals surface area contributed by atoms with Crippen molar-refractivity contribution in [3.05, 3.63) is 70.7 Å². The number of urea groups is 1. The summed E-state index contributed by atoms with van der Waals surface area (Å²) in [6.45, 7) is 6.62. The van der Waals surface area contributed by atoms with Crippen molar-refractivity contribution in [3.63, 3.8) is 0 Å². The summed E-state index contributed by atoms with van der Waals surface area (Å²) in [4.78, 5) is 53.7. The van der Waals surface area contributed by atoms with Gasteiger partial charge in [-0.15, -0.1) is 0 Å². The number of fused-ring (bicyclic) bond motifs is 2. The summed E-state index contributed by atoms with van der Waals surface area (Å²) in [7, 11) is 1.65. The fourth-order valence-corrected chi connectivity index (χ4v) is 6.50. The maximum absolute atomic E-state index is 13.5. The molecule has 10 nitrogen and oxygen atoms in total. The van der Waals surface area contributed by atoms with Crippen LogP contribution in [0.5, 0.6) is 5.75 Å². The van der Waals surface area contributed by atoms with E-state index in [1.54, 1.807) is 18.1 Å². The van der Waals surface area contributed by atoms with Crippen LogP contribution in [0.25, 0.3) is 0 Å². The Balaban J connectivity index is 1.13. The van der Waals surface area contributed by atoms with Gasteiger partial charge in [-0.2, -0.15) is 0 Å². The number of rotatable bonds is 6. The Morgan fingerprint density at radius 1 is 1.00 bits per heavy atom. The number of nitrogens with one attached hydrogen (secondary N) is 1. The minimum Gasteiger partial charge on any atom is -0.497 e. The zero-order valence-corrected chi connectivity index (χ0v) is 24.4. The van der Waals surface area contributed by atoms with Gasteiger partial charge in [0.2, 0.25) is 11.7 Å². The number of carbonyl (C=O) groups is 3. The molecule has 10 heteroatoms. The number of benzene rings is 2. The molecule has 0 atom stereocenters. The fourth-order valence-electron chi connectivity index (χ4n) is 6.50. The number of piperidine rings is 1. The first-order valence-electron chi connectivity index (χ1n) is 14.7. The molecule has 0 radical (unpaired) electrons. The Kier molecular flexibility index (Phi) is 7.53. The van der Waals surface area contributed by atoms with E-state index >= 15 is 0 Å². The Labute approximate surface area is 245 Å². The van der Waals surface area contributed by atoms with Gasteiger partial charge in [-0.1, -0.05) is 0 Å². The lowest BCUT2D eigenvalue weighted by Crippen LogP contribution is -2.49. The minimum absolute atomic E-state index is 0.0703. The summed E-state index contributed by atoms with van der Waals surface area (Å²) >= 11 is 0. The monoisotopic (exact) mass is 568 g/mol. The Morgan fingerprint density at radius 2 is 1.81 bits per heavy atom. The SMILES string of the molecule is CCN1C(=O)CCc2cc(C(=O)c3cc(N4CCC(N5CCc6cc(OC)ccc6NC5=O)CC4)ncn3)cc(C)c21. The molecule has 3 aliphatic rings. The number of hydrogen-bond acceptors (Lipinski definition) is 7. The minimum atomic E-state index is -0.156. The highest BCUT2D eigenvalue weighted by molar-refractivity contribution is 6.09. The highest BCUT2D eigenvalue weighted by Gasteiger charge is 2.31. The lowest BCUT2D eigenvalue weighted by molar-refractivity contribution is -0.118. The average Bonchev–Trinajstić information content (AvgIpc) is 3.18. The molecule has 1 saturated heterocycles. The van der Waals surface area contributed by atoms with Gasteiger partial charge in [0.1, 0.15) is 23.6 Å². The van der Waals surface area contributed by atoms with Crippen molar-refractivity contribution < 1.29 is 19.1 Å². The normalized spacial score (nSPS) is 17.4. The van der Waals surface area contributed by atoms with E-state index in [0.29, 0.717) is 43.0 Å².